The average molecular weight is 408 g/mol. The largest absolute Gasteiger partial charge is 0.472 e. The zero-order chi connectivity index (χ0) is 20.9. The van der Waals surface area contributed by atoms with Crippen molar-refractivity contribution in [2.45, 2.75) is 51.1 Å². The van der Waals surface area contributed by atoms with Crippen molar-refractivity contribution in [3.05, 3.63) is 47.9 Å². The summed E-state index contributed by atoms with van der Waals surface area (Å²) in [6, 6.07) is 4.70. The van der Waals surface area contributed by atoms with E-state index in [2.05, 4.69) is 10.6 Å². The molecule has 2 amide bonds. The Morgan fingerprint density at radius 2 is 1.83 bits per heavy atom. The van der Waals surface area contributed by atoms with Gasteiger partial charge in [0.05, 0.1) is 23.1 Å². The number of carbonyl (C=O) groups excluding carboxylic acids is 2. The van der Waals surface area contributed by atoms with Crippen molar-refractivity contribution in [2.24, 2.45) is 5.92 Å². The Morgan fingerprint density at radius 1 is 1.07 bits per heavy atom. The molecule has 0 bridgehead atoms. The van der Waals surface area contributed by atoms with Gasteiger partial charge < -0.3 is 15.1 Å². The Bertz CT molecular complexity index is 841. The van der Waals surface area contributed by atoms with Crippen LogP contribution in [0.3, 0.4) is 0 Å². The molecule has 1 aliphatic rings. The molecule has 0 unspecified atom stereocenters. The third-order valence-corrected chi connectivity index (χ3v) is 5.14. The lowest BCUT2D eigenvalue weighted by Gasteiger charge is -2.21. The Kier molecular flexibility index (Phi) is 6.61. The Hall–Kier alpha value is -2.77. The van der Waals surface area contributed by atoms with Crippen LogP contribution in [0.15, 0.2) is 41.2 Å². The third kappa shape index (κ3) is 5.85. The molecule has 3 rings (SSSR count). The van der Waals surface area contributed by atoms with Crippen LogP contribution in [0.5, 0.6) is 0 Å². The van der Waals surface area contributed by atoms with Crippen molar-refractivity contribution >= 4 is 23.2 Å². The molecule has 5 nitrogen and oxygen atoms in total. The molecule has 2 N–H and O–H groups in total. The quantitative estimate of drug-likeness (QED) is 0.630. The fourth-order valence-corrected chi connectivity index (χ4v) is 3.59. The molecule has 8 heteroatoms. The minimum atomic E-state index is -4.68. The van der Waals surface area contributed by atoms with Crippen LogP contribution in [0.2, 0.25) is 0 Å². The van der Waals surface area contributed by atoms with Crippen LogP contribution in [0, 0.1) is 5.92 Å². The zero-order valence-electron chi connectivity index (χ0n) is 15.8. The summed E-state index contributed by atoms with van der Waals surface area (Å²) in [6.45, 7) is 0. The normalized spacial score (nSPS) is 15.1. The minimum absolute atomic E-state index is 0.0243. The fourth-order valence-electron chi connectivity index (χ4n) is 3.59. The number of hydrogen-bond acceptors (Lipinski definition) is 3. The molecule has 0 atom stereocenters. The smallest absolute Gasteiger partial charge is 0.418 e. The summed E-state index contributed by atoms with van der Waals surface area (Å²) in [6.07, 6.45) is 4.35. The predicted molar refractivity (Wildman–Crippen MR) is 103 cm³/mol. The van der Waals surface area contributed by atoms with Gasteiger partial charge in [0.1, 0.15) is 6.26 Å². The number of nitrogens with one attached hydrogen (secondary N) is 2. The molecular weight excluding hydrogens is 385 g/mol. The number of furan rings is 1. The molecular formula is C21H23F3N2O3. The van der Waals surface area contributed by atoms with E-state index in [1.54, 1.807) is 0 Å². The summed E-state index contributed by atoms with van der Waals surface area (Å²) in [5.41, 5.74) is -1.15. The Labute approximate surface area is 166 Å². The second-order valence-electron chi connectivity index (χ2n) is 7.32. The van der Waals surface area contributed by atoms with Gasteiger partial charge in [-0.2, -0.15) is 13.2 Å². The number of halogens is 3. The van der Waals surface area contributed by atoms with E-state index in [1.807, 2.05) is 0 Å². The molecule has 1 aromatic carbocycles. The predicted octanol–water partition coefficient (Wildman–Crippen LogP) is 5.85. The fraction of sp³-hybridized carbons (Fsp3) is 0.429. The van der Waals surface area contributed by atoms with E-state index in [1.165, 1.54) is 31.1 Å². The summed E-state index contributed by atoms with van der Waals surface area (Å²) < 4.78 is 45.3. The maximum Gasteiger partial charge on any atom is 0.418 e. The van der Waals surface area contributed by atoms with Gasteiger partial charge in [-0.05, 0) is 36.6 Å². The van der Waals surface area contributed by atoms with Crippen LogP contribution in [0.25, 0.3) is 0 Å². The van der Waals surface area contributed by atoms with Gasteiger partial charge in [-0.15, -0.1) is 0 Å². The van der Waals surface area contributed by atoms with Gasteiger partial charge in [0.15, 0.2) is 0 Å². The second kappa shape index (κ2) is 9.15. The molecule has 0 spiro atoms. The molecule has 156 valence electrons. The minimum Gasteiger partial charge on any atom is -0.472 e. The van der Waals surface area contributed by atoms with Crippen molar-refractivity contribution in [1.82, 2.24) is 0 Å². The maximum absolute atomic E-state index is 13.5. The van der Waals surface area contributed by atoms with Gasteiger partial charge in [0.2, 0.25) is 5.91 Å². The van der Waals surface area contributed by atoms with E-state index in [9.17, 15) is 22.8 Å². The molecule has 1 aromatic heterocycles. The average Bonchev–Trinajstić information content (AvgIpc) is 3.22. The van der Waals surface area contributed by atoms with Crippen molar-refractivity contribution < 1.29 is 27.2 Å². The number of benzene rings is 1. The second-order valence-corrected chi connectivity index (χ2v) is 7.32. The number of carbonyl (C=O) groups is 2. The number of hydrogen-bond donors (Lipinski definition) is 2. The Morgan fingerprint density at radius 3 is 2.48 bits per heavy atom. The van der Waals surface area contributed by atoms with E-state index in [0.717, 1.165) is 37.8 Å². The molecule has 1 heterocycles. The summed E-state index contributed by atoms with van der Waals surface area (Å²) in [4.78, 5) is 24.2. The molecule has 1 aliphatic carbocycles. The highest BCUT2D eigenvalue weighted by atomic mass is 19.4. The first-order valence-corrected chi connectivity index (χ1v) is 9.67. The van der Waals surface area contributed by atoms with Crippen LogP contribution in [-0.2, 0) is 11.0 Å². The maximum atomic E-state index is 13.5. The topological polar surface area (TPSA) is 71.3 Å². The molecule has 2 aromatic rings. The summed E-state index contributed by atoms with van der Waals surface area (Å²) in [5.74, 6) is -0.551. The van der Waals surface area contributed by atoms with Crippen LogP contribution in [-0.4, -0.2) is 11.8 Å². The van der Waals surface area contributed by atoms with Gasteiger partial charge in [-0.25, -0.2) is 0 Å². The molecule has 29 heavy (non-hydrogen) atoms. The van der Waals surface area contributed by atoms with Crippen LogP contribution >= 0.6 is 0 Å². The van der Waals surface area contributed by atoms with Gasteiger partial charge in [-0.1, -0.05) is 32.1 Å². The van der Waals surface area contributed by atoms with Crippen LogP contribution < -0.4 is 10.6 Å². The van der Waals surface area contributed by atoms with E-state index in [0.29, 0.717) is 12.3 Å². The van der Waals surface area contributed by atoms with Crippen molar-refractivity contribution in [3.63, 3.8) is 0 Å². The number of amides is 2. The number of alkyl halides is 3. The number of rotatable bonds is 6. The summed E-state index contributed by atoms with van der Waals surface area (Å²) >= 11 is 0. The molecule has 1 fully saturated rings. The molecule has 1 saturated carbocycles. The van der Waals surface area contributed by atoms with Gasteiger partial charge in [-0.3, -0.25) is 9.59 Å². The zero-order valence-corrected chi connectivity index (χ0v) is 15.8. The lowest BCUT2D eigenvalue weighted by molar-refractivity contribution is -0.136. The van der Waals surface area contributed by atoms with Crippen molar-refractivity contribution in [3.8, 4) is 0 Å². The van der Waals surface area contributed by atoms with Gasteiger partial charge in [0, 0.05) is 12.1 Å². The third-order valence-electron chi connectivity index (χ3n) is 5.14. The van der Waals surface area contributed by atoms with E-state index in [-0.39, 0.29) is 23.4 Å². The first-order valence-electron chi connectivity index (χ1n) is 9.67. The van der Waals surface area contributed by atoms with Crippen molar-refractivity contribution in [1.29, 1.82) is 0 Å². The first-order chi connectivity index (χ1) is 13.8. The molecule has 0 saturated heterocycles. The first kappa shape index (κ1) is 21.0. The summed E-state index contributed by atoms with van der Waals surface area (Å²) in [5, 5.41) is 4.77. The highest BCUT2D eigenvalue weighted by Gasteiger charge is 2.34. The SMILES string of the molecule is O=C(CCC1CCCCC1)Nc1ccc(NC(=O)c2ccoc2)cc1C(F)(F)F. The number of anilines is 2. The van der Waals surface area contributed by atoms with E-state index < -0.39 is 23.6 Å². The highest BCUT2D eigenvalue weighted by Crippen LogP contribution is 2.37. The van der Waals surface area contributed by atoms with Crippen LogP contribution in [0.1, 0.15) is 60.9 Å². The highest BCUT2D eigenvalue weighted by molar-refractivity contribution is 6.04. The summed E-state index contributed by atoms with van der Waals surface area (Å²) in [7, 11) is 0. The van der Waals surface area contributed by atoms with Crippen LogP contribution in [0.4, 0.5) is 24.5 Å². The van der Waals surface area contributed by atoms with Crippen molar-refractivity contribution in [2.75, 3.05) is 10.6 Å². The van der Waals surface area contributed by atoms with Gasteiger partial charge in [0.25, 0.3) is 5.91 Å². The molecule has 0 radical (unpaired) electrons. The molecule has 0 aliphatic heterocycles. The monoisotopic (exact) mass is 408 g/mol. The standard InChI is InChI=1S/C21H23F3N2O3/c22-21(23,24)17-12-16(25-20(28)15-10-11-29-13-15)7-8-18(17)26-19(27)9-6-14-4-2-1-3-5-14/h7-8,10-14H,1-6,9H2,(H,25,28)(H,26,27). The van der Waals surface area contributed by atoms with Gasteiger partial charge >= 0.3 is 6.18 Å². The lowest BCUT2D eigenvalue weighted by atomic mass is 9.86. The van der Waals surface area contributed by atoms with E-state index >= 15 is 0 Å². The lowest BCUT2D eigenvalue weighted by Crippen LogP contribution is -2.19. The Balaban J connectivity index is 1.67. The van der Waals surface area contributed by atoms with E-state index in [4.69, 9.17) is 4.42 Å².